The van der Waals surface area contributed by atoms with Gasteiger partial charge in [-0.05, 0) is 39.3 Å². The standard InChI is InChI=1S/C16H23FN2O/c1-11(20)14-4-3-5-15(17)16(14)19-9-8-12-6-7-13(10-19)18(12)2/h3-5,11-13,20H,6-10H2,1-2H3/t11-,12?,13?/m0/s1. The van der Waals surface area contributed by atoms with Gasteiger partial charge in [-0.3, -0.25) is 4.90 Å². The third-order valence-corrected chi connectivity index (χ3v) is 4.93. The summed E-state index contributed by atoms with van der Waals surface area (Å²) in [5, 5.41) is 9.91. The highest BCUT2D eigenvalue weighted by Gasteiger charge is 2.35. The number of halogens is 1. The number of aliphatic hydroxyl groups excluding tert-OH is 1. The summed E-state index contributed by atoms with van der Waals surface area (Å²) in [5.74, 6) is -0.219. The molecule has 4 heteroatoms. The summed E-state index contributed by atoms with van der Waals surface area (Å²) in [4.78, 5) is 4.58. The first kappa shape index (κ1) is 13.8. The van der Waals surface area contributed by atoms with Crippen LogP contribution >= 0.6 is 0 Å². The quantitative estimate of drug-likeness (QED) is 0.900. The van der Waals surface area contributed by atoms with Crippen molar-refractivity contribution in [2.45, 2.75) is 44.4 Å². The van der Waals surface area contributed by atoms with E-state index in [1.165, 1.54) is 18.9 Å². The van der Waals surface area contributed by atoms with Crippen LogP contribution in [0.1, 0.15) is 37.9 Å². The smallest absolute Gasteiger partial charge is 0.146 e. The number of benzene rings is 1. The SMILES string of the molecule is C[C@H](O)c1cccc(F)c1N1CCC2CCC(C1)N2C. The Labute approximate surface area is 120 Å². The molecule has 1 aromatic carbocycles. The molecule has 0 amide bonds. The van der Waals surface area contributed by atoms with E-state index in [0.29, 0.717) is 23.3 Å². The number of anilines is 1. The fourth-order valence-corrected chi connectivity index (χ4v) is 3.71. The maximum Gasteiger partial charge on any atom is 0.146 e. The van der Waals surface area contributed by atoms with Gasteiger partial charge in [0.15, 0.2) is 0 Å². The third-order valence-electron chi connectivity index (χ3n) is 4.93. The van der Waals surface area contributed by atoms with Crippen molar-refractivity contribution in [3.05, 3.63) is 29.6 Å². The molecule has 2 heterocycles. The molecule has 2 aliphatic heterocycles. The van der Waals surface area contributed by atoms with Crippen molar-refractivity contribution in [3.8, 4) is 0 Å². The van der Waals surface area contributed by atoms with Gasteiger partial charge in [-0.25, -0.2) is 4.39 Å². The van der Waals surface area contributed by atoms with E-state index >= 15 is 0 Å². The van der Waals surface area contributed by atoms with Crippen LogP contribution in [-0.2, 0) is 0 Å². The van der Waals surface area contributed by atoms with Crippen LogP contribution < -0.4 is 4.90 Å². The average molecular weight is 278 g/mol. The first-order valence-corrected chi connectivity index (χ1v) is 7.51. The van der Waals surface area contributed by atoms with E-state index in [0.717, 1.165) is 19.5 Å². The molecule has 3 rings (SSSR count). The Hall–Kier alpha value is -1.13. The summed E-state index contributed by atoms with van der Waals surface area (Å²) in [6.07, 6.45) is 2.88. The van der Waals surface area contributed by atoms with E-state index in [9.17, 15) is 9.50 Å². The van der Waals surface area contributed by atoms with Crippen LogP contribution in [0.5, 0.6) is 0 Å². The van der Waals surface area contributed by atoms with Crippen molar-refractivity contribution < 1.29 is 9.50 Å². The van der Waals surface area contributed by atoms with E-state index in [4.69, 9.17) is 0 Å². The fraction of sp³-hybridized carbons (Fsp3) is 0.625. The molecule has 3 nitrogen and oxygen atoms in total. The van der Waals surface area contributed by atoms with Crippen LogP contribution in [0.3, 0.4) is 0 Å². The number of aliphatic hydroxyl groups is 1. The minimum atomic E-state index is -0.640. The minimum absolute atomic E-state index is 0.219. The van der Waals surface area contributed by atoms with Crippen LogP contribution in [0.4, 0.5) is 10.1 Å². The normalized spacial score (nSPS) is 28.5. The van der Waals surface area contributed by atoms with Crippen molar-refractivity contribution in [1.29, 1.82) is 0 Å². The molecule has 0 aromatic heterocycles. The van der Waals surface area contributed by atoms with Crippen LogP contribution in [0.25, 0.3) is 0 Å². The Balaban J connectivity index is 1.93. The van der Waals surface area contributed by atoms with Gasteiger partial charge in [0.2, 0.25) is 0 Å². The summed E-state index contributed by atoms with van der Waals surface area (Å²) >= 11 is 0. The lowest BCUT2D eigenvalue weighted by molar-refractivity contribution is 0.199. The number of rotatable bonds is 2. The maximum absolute atomic E-state index is 14.3. The van der Waals surface area contributed by atoms with Gasteiger partial charge in [0, 0.05) is 30.7 Å². The van der Waals surface area contributed by atoms with Gasteiger partial charge < -0.3 is 10.0 Å². The van der Waals surface area contributed by atoms with Gasteiger partial charge in [0.05, 0.1) is 11.8 Å². The maximum atomic E-state index is 14.3. The van der Waals surface area contributed by atoms with Crippen LogP contribution in [-0.4, -0.2) is 42.2 Å². The number of hydrogen-bond donors (Lipinski definition) is 1. The van der Waals surface area contributed by atoms with Crippen molar-refractivity contribution >= 4 is 5.69 Å². The van der Waals surface area contributed by atoms with E-state index < -0.39 is 6.10 Å². The molecular weight excluding hydrogens is 255 g/mol. The highest BCUT2D eigenvalue weighted by molar-refractivity contribution is 5.56. The van der Waals surface area contributed by atoms with E-state index in [1.54, 1.807) is 13.0 Å². The van der Waals surface area contributed by atoms with Crippen LogP contribution in [0.15, 0.2) is 18.2 Å². The monoisotopic (exact) mass is 278 g/mol. The lowest BCUT2D eigenvalue weighted by atomic mass is 10.0. The van der Waals surface area contributed by atoms with Gasteiger partial charge in [-0.15, -0.1) is 0 Å². The largest absolute Gasteiger partial charge is 0.389 e. The van der Waals surface area contributed by atoms with E-state index in [1.807, 2.05) is 6.07 Å². The predicted octanol–water partition coefficient (Wildman–Crippen LogP) is 2.55. The molecule has 2 unspecified atom stereocenters. The van der Waals surface area contributed by atoms with Crippen molar-refractivity contribution in [3.63, 3.8) is 0 Å². The first-order chi connectivity index (χ1) is 9.58. The number of likely N-dealkylation sites (N-methyl/N-ethyl adjacent to an activating group) is 1. The summed E-state index contributed by atoms with van der Waals surface area (Å²) in [7, 11) is 2.18. The summed E-state index contributed by atoms with van der Waals surface area (Å²) in [6.45, 7) is 3.42. The second-order valence-corrected chi connectivity index (χ2v) is 6.14. The zero-order chi connectivity index (χ0) is 14.3. The Morgan fingerprint density at radius 1 is 1.25 bits per heavy atom. The zero-order valence-corrected chi connectivity index (χ0v) is 12.2. The van der Waals surface area contributed by atoms with Crippen LogP contribution in [0.2, 0.25) is 0 Å². The number of hydrogen-bond acceptors (Lipinski definition) is 3. The second-order valence-electron chi connectivity index (χ2n) is 6.14. The lowest BCUT2D eigenvalue weighted by Crippen LogP contribution is -2.37. The Morgan fingerprint density at radius 2 is 2.00 bits per heavy atom. The van der Waals surface area contributed by atoms with Gasteiger partial charge >= 0.3 is 0 Å². The molecule has 20 heavy (non-hydrogen) atoms. The lowest BCUT2D eigenvalue weighted by Gasteiger charge is -2.30. The van der Waals surface area contributed by atoms with E-state index in [2.05, 4.69) is 16.8 Å². The molecule has 0 spiro atoms. The zero-order valence-electron chi connectivity index (χ0n) is 12.2. The second kappa shape index (κ2) is 5.34. The third kappa shape index (κ3) is 2.31. The van der Waals surface area contributed by atoms with Gasteiger partial charge in [-0.1, -0.05) is 12.1 Å². The van der Waals surface area contributed by atoms with E-state index in [-0.39, 0.29) is 5.82 Å². The van der Waals surface area contributed by atoms with Crippen molar-refractivity contribution in [2.75, 3.05) is 25.0 Å². The molecule has 0 saturated carbocycles. The number of nitrogens with zero attached hydrogens (tertiary/aromatic N) is 2. The minimum Gasteiger partial charge on any atom is -0.389 e. The average Bonchev–Trinajstić information content (AvgIpc) is 2.64. The molecule has 1 N–H and O–H groups in total. The van der Waals surface area contributed by atoms with Crippen molar-refractivity contribution in [1.82, 2.24) is 4.90 Å². The Bertz CT molecular complexity index is 491. The molecule has 2 fully saturated rings. The molecule has 0 aliphatic carbocycles. The highest BCUT2D eigenvalue weighted by atomic mass is 19.1. The molecule has 2 bridgehead atoms. The van der Waals surface area contributed by atoms with Gasteiger partial charge in [0.25, 0.3) is 0 Å². The Morgan fingerprint density at radius 3 is 2.75 bits per heavy atom. The van der Waals surface area contributed by atoms with Gasteiger partial charge in [0.1, 0.15) is 5.82 Å². The number of para-hydroxylation sites is 1. The molecule has 3 atom stereocenters. The van der Waals surface area contributed by atoms with Crippen molar-refractivity contribution in [2.24, 2.45) is 0 Å². The predicted molar refractivity (Wildman–Crippen MR) is 78.4 cm³/mol. The van der Waals surface area contributed by atoms with Crippen LogP contribution in [0, 0.1) is 5.82 Å². The number of fused-ring (bicyclic) bond motifs is 2. The molecule has 1 aromatic rings. The molecular formula is C16H23FN2O. The summed E-state index contributed by atoms with van der Waals surface area (Å²) in [6, 6.07) is 6.14. The topological polar surface area (TPSA) is 26.7 Å². The molecule has 2 aliphatic rings. The summed E-state index contributed by atoms with van der Waals surface area (Å²) in [5.41, 5.74) is 1.30. The highest BCUT2D eigenvalue weighted by Crippen LogP contribution is 2.35. The molecule has 2 saturated heterocycles. The first-order valence-electron chi connectivity index (χ1n) is 7.51. The summed E-state index contributed by atoms with van der Waals surface area (Å²) < 4.78 is 14.3. The van der Waals surface area contributed by atoms with Gasteiger partial charge in [-0.2, -0.15) is 0 Å². The fourth-order valence-electron chi connectivity index (χ4n) is 3.71. The molecule has 0 radical (unpaired) electrons. The Kier molecular flexibility index (Phi) is 3.69. The molecule has 110 valence electrons.